The molecule has 0 spiro atoms. The van der Waals surface area contributed by atoms with Gasteiger partial charge in [-0.2, -0.15) is 0 Å². The van der Waals surface area contributed by atoms with Crippen molar-refractivity contribution in [1.29, 1.82) is 0 Å². The van der Waals surface area contributed by atoms with Gasteiger partial charge in [-0.3, -0.25) is 19.1 Å². The van der Waals surface area contributed by atoms with Crippen LogP contribution in [-0.4, -0.2) is 21.9 Å². The van der Waals surface area contributed by atoms with Crippen LogP contribution in [-0.2, 0) is 6.54 Å². The first-order chi connectivity index (χ1) is 11.8. The van der Waals surface area contributed by atoms with Crippen LogP contribution in [0.2, 0.25) is 15.1 Å². The van der Waals surface area contributed by atoms with Gasteiger partial charge in [0.1, 0.15) is 17.1 Å². The van der Waals surface area contributed by atoms with Crippen molar-refractivity contribution in [3.8, 4) is 5.75 Å². The Hall–Kier alpha value is -1.96. The number of anilines is 1. The SMILES string of the molecule is CCCn1c(N)c(C(=O)COc2cc(Cl)c(Cl)cc2Cl)c(=O)[nH]c1=O. The molecule has 0 radical (unpaired) electrons. The number of aromatic amines is 1. The third-order valence-electron chi connectivity index (χ3n) is 3.30. The zero-order valence-electron chi connectivity index (χ0n) is 13.1. The van der Waals surface area contributed by atoms with Crippen LogP contribution < -0.4 is 21.7 Å². The fraction of sp³-hybridized carbons (Fsp3) is 0.267. The molecule has 0 fully saturated rings. The van der Waals surface area contributed by atoms with E-state index in [0.717, 1.165) is 4.57 Å². The lowest BCUT2D eigenvalue weighted by Gasteiger charge is -2.12. The number of Topliss-reactive ketones (excluding diaryl/α,β-unsaturated/α-hetero) is 1. The first-order valence-corrected chi connectivity index (χ1v) is 8.32. The van der Waals surface area contributed by atoms with E-state index in [4.69, 9.17) is 45.3 Å². The van der Waals surface area contributed by atoms with Crippen molar-refractivity contribution >= 4 is 46.4 Å². The maximum Gasteiger partial charge on any atom is 0.329 e. The highest BCUT2D eigenvalue weighted by Crippen LogP contribution is 2.33. The maximum absolute atomic E-state index is 12.3. The second-order valence-electron chi connectivity index (χ2n) is 5.08. The number of rotatable bonds is 6. The molecule has 0 aliphatic heterocycles. The van der Waals surface area contributed by atoms with Gasteiger partial charge in [-0.25, -0.2) is 4.79 Å². The number of H-pyrrole nitrogens is 1. The standard InChI is InChI=1S/C15H14Cl3N3O4/c1-2-3-21-13(19)12(14(23)20-15(21)24)10(22)6-25-11-5-8(17)7(16)4-9(11)18/h4-5H,2-3,6,19H2,1H3,(H,20,23,24). The smallest absolute Gasteiger partial charge is 0.329 e. The second kappa shape index (κ2) is 7.95. The molecule has 0 bridgehead atoms. The zero-order valence-corrected chi connectivity index (χ0v) is 15.3. The predicted molar refractivity (Wildman–Crippen MR) is 97.3 cm³/mol. The summed E-state index contributed by atoms with van der Waals surface area (Å²) in [5, 5.41) is 0.583. The van der Waals surface area contributed by atoms with Gasteiger partial charge in [0.05, 0.1) is 15.1 Å². The molecule has 0 aliphatic rings. The molecule has 1 aromatic heterocycles. The largest absolute Gasteiger partial charge is 0.484 e. The predicted octanol–water partition coefficient (Wildman–Crippen LogP) is 2.75. The third kappa shape index (κ3) is 4.18. The zero-order chi connectivity index (χ0) is 18.7. The lowest BCUT2D eigenvalue weighted by Crippen LogP contribution is -2.37. The van der Waals surface area contributed by atoms with Crippen molar-refractivity contribution in [3.05, 3.63) is 53.6 Å². The number of nitrogens with two attached hydrogens (primary N) is 1. The van der Waals surface area contributed by atoms with Crippen molar-refractivity contribution in [2.75, 3.05) is 12.3 Å². The normalized spacial score (nSPS) is 10.7. The Kier molecular flexibility index (Phi) is 6.16. The lowest BCUT2D eigenvalue weighted by molar-refractivity contribution is 0.0920. The Bertz CT molecular complexity index is 937. The molecule has 1 aromatic carbocycles. The summed E-state index contributed by atoms with van der Waals surface area (Å²) < 4.78 is 6.43. The Balaban J connectivity index is 2.30. The van der Waals surface area contributed by atoms with Crippen molar-refractivity contribution in [3.63, 3.8) is 0 Å². The number of hydrogen-bond donors (Lipinski definition) is 2. The fourth-order valence-electron chi connectivity index (χ4n) is 2.13. The van der Waals surface area contributed by atoms with Gasteiger partial charge in [-0.05, 0) is 12.5 Å². The van der Waals surface area contributed by atoms with Gasteiger partial charge < -0.3 is 10.5 Å². The van der Waals surface area contributed by atoms with E-state index in [0.29, 0.717) is 6.42 Å². The molecular formula is C15H14Cl3N3O4. The van der Waals surface area contributed by atoms with E-state index in [1.807, 2.05) is 6.92 Å². The molecule has 0 saturated carbocycles. The molecule has 10 heteroatoms. The minimum atomic E-state index is -0.872. The van der Waals surface area contributed by atoms with E-state index in [-0.39, 0.29) is 38.7 Å². The minimum Gasteiger partial charge on any atom is -0.484 e. The van der Waals surface area contributed by atoms with E-state index in [9.17, 15) is 14.4 Å². The highest BCUT2D eigenvalue weighted by atomic mass is 35.5. The molecular weight excluding hydrogens is 393 g/mol. The Morgan fingerprint density at radius 3 is 2.48 bits per heavy atom. The molecule has 2 rings (SSSR count). The fourth-order valence-corrected chi connectivity index (χ4v) is 2.72. The summed E-state index contributed by atoms with van der Waals surface area (Å²) >= 11 is 17.7. The van der Waals surface area contributed by atoms with Crippen LogP contribution in [0, 0.1) is 0 Å². The molecule has 3 N–H and O–H groups in total. The number of hydrogen-bond acceptors (Lipinski definition) is 5. The molecule has 1 heterocycles. The number of aromatic nitrogens is 2. The molecule has 2 aromatic rings. The van der Waals surface area contributed by atoms with Gasteiger partial charge in [0.15, 0.2) is 6.61 Å². The average molecular weight is 407 g/mol. The number of benzene rings is 1. The van der Waals surface area contributed by atoms with Gasteiger partial charge in [-0.1, -0.05) is 41.7 Å². The highest BCUT2D eigenvalue weighted by Gasteiger charge is 2.20. The van der Waals surface area contributed by atoms with Gasteiger partial charge in [0.2, 0.25) is 5.78 Å². The van der Waals surface area contributed by atoms with Crippen LogP contribution in [0.25, 0.3) is 0 Å². The van der Waals surface area contributed by atoms with Gasteiger partial charge in [0, 0.05) is 12.6 Å². The number of ether oxygens (including phenoxy) is 1. The van der Waals surface area contributed by atoms with Crippen LogP contribution >= 0.6 is 34.8 Å². The molecule has 0 aliphatic carbocycles. The van der Waals surface area contributed by atoms with Crippen LogP contribution in [0.4, 0.5) is 5.82 Å². The summed E-state index contributed by atoms with van der Waals surface area (Å²) in [5.74, 6) is -0.781. The molecule has 134 valence electrons. The summed E-state index contributed by atoms with van der Waals surface area (Å²) in [4.78, 5) is 38.1. The van der Waals surface area contributed by atoms with E-state index in [1.165, 1.54) is 12.1 Å². The number of halogens is 3. The molecule has 0 saturated heterocycles. The summed E-state index contributed by atoms with van der Waals surface area (Å²) in [6, 6.07) is 2.72. The van der Waals surface area contributed by atoms with E-state index < -0.39 is 23.6 Å². The number of nitrogen functional groups attached to an aromatic ring is 1. The van der Waals surface area contributed by atoms with E-state index >= 15 is 0 Å². The van der Waals surface area contributed by atoms with E-state index in [2.05, 4.69) is 4.98 Å². The third-order valence-corrected chi connectivity index (χ3v) is 4.32. The van der Waals surface area contributed by atoms with Crippen LogP contribution in [0.15, 0.2) is 21.7 Å². The monoisotopic (exact) mass is 405 g/mol. The summed E-state index contributed by atoms with van der Waals surface area (Å²) in [6.07, 6.45) is 0.596. The number of carbonyl (C=O) groups excluding carboxylic acids is 1. The van der Waals surface area contributed by atoms with Crippen molar-refractivity contribution in [2.24, 2.45) is 0 Å². The number of nitrogens with one attached hydrogen (secondary N) is 1. The summed E-state index contributed by atoms with van der Waals surface area (Å²) in [5.41, 5.74) is 3.93. The first kappa shape index (κ1) is 19.4. The number of ketones is 1. The van der Waals surface area contributed by atoms with Gasteiger partial charge in [-0.15, -0.1) is 0 Å². The van der Waals surface area contributed by atoms with Crippen molar-refractivity contribution in [1.82, 2.24) is 9.55 Å². The van der Waals surface area contributed by atoms with Crippen LogP contribution in [0.3, 0.4) is 0 Å². The highest BCUT2D eigenvalue weighted by molar-refractivity contribution is 6.43. The topological polar surface area (TPSA) is 107 Å². The Labute approximate surface area is 157 Å². The Morgan fingerprint density at radius 1 is 1.20 bits per heavy atom. The first-order valence-electron chi connectivity index (χ1n) is 7.19. The molecule has 25 heavy (non-hydrogen) atoms. The average Bonchev–Trinajstić information content (AvgIpc) is 2.53. The van der Waals surface area contributed by atoms with Crippen molar-refractivity contribution in [2.45, 2.75) is 19.9 Å². The van der Waals surface area contributed by atoms with E-state index in [1.54, 1.807) is 0 Å². The molecule has 0 atom stereocenters. The number of nitrogens with zero attached hydrogens (tertiary/aromatic N) is 1. The second-order valence-corrected chi connectivity index (χ2v) is 6.30. The lowest BCUT2D eigenvalue weighted by atomic mass is 10.2. The Morgan fingerprint density at radius 2 is 1.84 bits per heavy atom. The molecule has 7 nitrogen and oxygen atoms in total. The maximum atomic E-state index is 12.3. The molecule has 0 unspecified atom stereocenters. The molecule has 0 amide bonds. The minimum absolute atomic E-state index is 0.126. The number of carbonyl (C=O) groups is 1. The summed E-state index contributed by atoms with van der Waals surface area (Å²) in [6.45, 7) is 1.57. The van der Waals surface area contributed by atoms with Crippen molar-refractivity contribution < 1.29 is 9.53 Å². The summed E-state index contributed by atoms with van der Waals surface area (Å²) in [7, 11) is 0. The van der Waals surface area contributed by atoms with Crippen LogP contribution in [0.5, 0.6) is 5.75 Å². The quantitative estimate of drug-likeness (QED) is 0.566. The van der Waals surface area contributed by atoms with Gasteiger partial charge >= 0.3 is 5.69 Å². The van der Waals surface area contributed by atoms with Gasteiger partial charge in [0.25, 0.3) is 5.56 Å². The van der Waals surface area contributed by atoms with Crippen LogP contribution in [0.1, 0.15) is 23.7 Å².